The number of hydrogen-bond acceptors (Lipinski definition) is 6. The first-order chi connectivity index (χ1) is 32.7. The third-order valence-corrected chi connectivity index (χ3v) is 14.0. The molecule has 0 radical (unpaired) electrons. The maximum Gasteiger partial charge on any atom is 0.306 e. The molecule has 0 heterocycles. The third-order valence-electron chi connectivity index (χ3n) is 14.0. The van der Waals surface area contributed by atoms with E-state index in [0.29, 0.717) is 19.3 Å². The smallest absolute Gasteiger partial charge is 0.306 e. The molecule has 67 heavy (non-hydrogen) atoms. The van der Waals surface area contributed by atoms with Gasteiger partial charge < -0.3 is 14.2 Å². The van der Waals surface area contributed by atoms with E-state index < -0.39 is 6.10 Å². The molecule has 0 saturated heterocycles. The number of ether oxygens (including phenoxy) is 3. The summed E-state index contributed by atoms with van der Waals surface area (Å²) >= 11 is 0. The van der Waals surface area contributed by atoms with Crippen molar-refractivity contribution in [1.82, 2.24) is 0 Å². The Hall–Kier alpha value is -1.59. The van der Waals surface area contributed by atoms with E-state index in [9.17, 15) is 14.4 Å². The highest BCUT2D eigenvalue weighted by atomic mass is 16.6. The van der Waals surface area contributed by atoms with E-state index >= 15 is 0 Å². The average molecular weight is 948 g/mol. The summed E-state index contributed by atoms with van der Waals surface area (Å²) in [6.45, 7) is 11.4. The number of unbranched alkanes of at least 4 members (excludes halogenated alkanes) is 40. The molecule has 0 amide bonds. The molecule has 0 unspecified atom stereocenters. The predicted molar refractivity (Wildman–Crippen MR) is 289 cm³/mol. The normalized spacial score (nSPS) is 12.0. The molecule has 0 bridgehead atoms. The summed E-state index contributed by atoms with van der Waals surface area (Å²) < 4.78 is 16.9. The highest BCUT2D eigenvalue weighted by Gasteiger charge is 2.19. The fourth-order valence-corrected chi connectivity index (χ4v) is 9.40. The molecule has 6 heteroatoms. The lowest BCUT2D eigenvalue weighted by Crippen LogP contribution is -2.30. The van der Waals surface area contributed by atoms with Crippen molar-refractivity contribution >= 4 is 17.9 Å². The summed E-state index contributed by atoms with van der Waals surface area (Å²) in [5.74, 6) is 0.848. The Morgan fingerprint density at radius 3 is 0.731 bits per heavy atom. The molecule has 0 aliphatic rings. The van der Waals surface area contributed by atoms with Gasteiger partial charge in [-0.2, -0.15) is 0 Å². The van der Waals surface area contributed by atoms with Crippen LogP contribution in [0.1, 0.15) is 343 Å². The average Bonchev–Trinajstić information content (AvgIpc) is 3.30. The van der Waals surface area contributed by atoms with Gasteiger partial charge in [-0.3, -0.25) is 14.4 Å². The van der Waals surface area contributed by atoms with Crippen LogP contribution in [0, 0.1) is 11.8 Å². The second-order valence-electron chi connectivity index (χ2n) is 21.9. The summed E-state index contributed by atoms with van der Waals surface area (Å²) in [6, 6.07) is 0. The summed E-state index contributed by atoms with van der Waals surface area (Å²) in [5, 5.41) is 0. The summed E-state index contributed by atoms with van der Waals surface area (Å²) in [4.78, 5) is 38.2. The van der Waals surface area contributed by atoms with E-state index in [1.54, 1.807) is 0 Å². The van der Waals surface area contributed by atoms with E-state index in [1.807, 2.05) is 0 Å². The number of esters is 3. The Kier molecular flexibility index (Phi) is 52.5. The minimum Gasteiger partial charge on any atom is -0.462 e. The van der Waals surface area contributed by atoms with Crippen molar-refractivity contribution in [3.05, 3.63) is 0 Å². The van der Waals surface area contributed by atoms with Crippen LogP contribution < -0.4 is 0 Å². The quantitative estimate of drug-likeness (QED) is 0.0343. The second-order valence-corrected chi connectivity index (χ2v) is 21.9. The van der Waals surface area contributed by atoms with Crippen molar-refractivity contribution in [3.63, 3.8) is 0 Å². The molecular formula is C61H118O6. The van der Waals surface area contributed by atoms with Crippen LogP contribution in [-0.4, -0.2) is 37.2 Å². The van der Waals surface area contributed by atoms with Crippen molar-refractivity contribution < 1.29 is 28.6 Å². The van der Waals surface area contributed by atoms with Gasteiger partial charge in [0.15, 0.2) is 6.10 Å². The molecule has 6 nitrogen and oxygen atoms in total. The SMILES string of the molecule is CCCCCCCCCCCCCCCCCCC(=O)O[C@H](COC(=O)CCCCCCCCCCCCCCCCCC(C)C)COC(=O)CCCCCCCCCCCCCCC(C)C. The largest absolute Gasteiger partial charge is 0.462 e. The van der Waals surface area contributed by atoms with Gasteiger partial charge >= 0.3 is 17.9 Å². The van der Waals surface area contributed by atoms with Gasteiger partial charge in [0.1, 0.15) is 13.2 Å². The maximum absolute atomic E-state index is 12.9. The predicted octanol–water partition coefficient (Wildman–Crippen LogP) is 20.0. The lowest BCUT2D eigenvalue weighted by atomic mass is 10.0. The van der Waals surface area contributed by atoms with Gasteiger partial charge in [-0.15, -0.1) is 0 Å². The first kappa shape index (κ1) is 65.4. The Labute approximate surface area is 418 Å². The highest BCUT2D eigenvalue weighted by Crippen LogP contribution is 2.18. The van der Waals surface area contributed by atoms with Gasteiger partial charge in [-0.05, 0) is 31.1 Å². The molecule has 0 N–H and O–H groups in total. The van der Waals surface area contributed by atoms with Crippen molar-refractivity contribution in [2.24, 2.45) is 11.8 Å². The summed E-state index contributed by atoms with van der Waals surface area (Å²) in [6.07, 6.45) is 58.1. The van der Waals surface area contributed by atoms with Crippen molar-refractivity contribution in [1.29, 1.82) is 0 Å². The van der Waals surface area contributed by atoms with Crippen LogP contribution in [0.15, 0.2) is 0 Å². The van der Waals surface area contributed by atoms with Gasteiger partial charge in [0, 0.05) is 19.3 Å². The zero-order chi connectivity index (χ0) is 48.9. The van der Waals surface area contributed by atoms with E-state index in [-0.39, 0.29) is 31.1 Å². The first-order valence-corrected chi connectivity index (χ1v) is 30.2. The standard InChI is InChI=1S/C61H118O6/c1-6-7-8-9-10-11-12-13-14-17-21-28-33-38-43-48-53-61(64)67-58(55-66-60(63)52-47-42-37-32-27-23-22-25-30-35-40-45-50-57(4)5)54-65-59(62)51-46-41-36-31-26-20-18-15-16-19-24-29-34-39-44-49-56(2)3/h56-58H,6-55H2,1-5H3/t58-/m1/s1. The Balaban J connectivity index is 4.29. The summed E-state index contributed by atoms with van der Waals surface area (Å²) in [7, 11) is 0. The Morgan fingerprint density at radius 1 is 0.284 bits per heavy atom. The molecule has 0 aromatic carbocycles. The van der Waals surface area contributed by atoms with Crippen LogP contribution in [0.4, 0.5) is 0 Å². The van der Waals surface area contributed by atoms with Gasteiger partial charge in [0.05, 0.1) is 0 Å². The van der Waals surface area contributed by atoms with Gasteiger partial charge in [-0.25, -0.2) is 0 Å². The molecule has 0 spiro atoms. The zero-order valence-electron chi connectivity index (χ0n) is 46.0. The Morgan fingerprint density at radius 2 is 0.493 bits per heavy atom. The molecule has 0 aromatic rings. The first-order valence-electron chi connectivity index (χ1n) is 30.2. The van der Waals surface area contributed by atoms with Crippen LogP contribution in [0.5, 0.6) is 0 Å². The number of carbonyl (C=O) groups is 3. The molecule has 0 aliphatic heterocycles. The monoisotopic (exact) mass is 947 g/mol. The number of hydrogen-bond donors (Lipinski definition) is 0. The third kappa shape index (κ3) is 55.2. The highest BCUT2D eigenvalue weighted by molar-refractivity contribution is 5.71. The van der Waals surface area contributed by atoms with E-state index in [2.05, 4.69) is 34.6 Å². The maximum atomic E-state index is 12.9. The lowest BCUT2D eigenvalue weighted by molar-refractivity contribution is -0.167. The van der Waals surface area contributed by atoms with Crippen LogP contribution in [0.3, 0.4) is 0 Å². The lowest BCUT2D eigenvalue weighted by Gasteiger charge is -2.18. The second kappa shape index (κ2) is 53.8. The molecular weight excluding hydrogens is 829 g/mol. The Bertz CT molecular complexity index is 1020. The summed E-state index contributed by atoms with van der Waals surface area (Å²) in [5.41, 5.74) is 0. The topological polar surface area (TPSA) is 78.9 Å². The van der Waals surface area contributed by atoms with E-state index in [4.69, 9.17) is 14.2 Å². The molecule has 398 valence electrons. The van der Waals surface area contributed by atoms with Gasteiger partial charge in [-0.1, -0.05) is 304 Å². The van der Waals surface area contributed by atoms with Crippen LogP contribution >= 0.6 is 0 Å². The minimum absolute atomic E-state index is 0.0623. The van der Waals surface area contributed by atoms with Gasteiger partial charge in [0.2, 0.25) is 0 Å². The number of carbonyl (C=O) groups excluding carboxylic acids is 3. The van der Waals surface area contributed by atoms with E-state index in [1.165, 1.54) is 231 Å². The fourth-order valence-electron chi connectivity index (χ4n) is 9.40. The van der Waals surface area contributed by atoms with Crippen LogP contribution in [0.2, 0.25) is 0 Å². The van der Waals surface area contributed by atoms with Crippen molar-refractivity contribution in [2.75, 3.05) is 13.2 Å². The molecule has 0 fully saturated rings. The minimum atomic E-state index is -0.763. The molecule has 0 aliphatic carbocycles. The molecule has 0 aromatic heterocycles. The zero-order valence-corrected chi connectivity index (χ0v) is 46.0. The molecule has 0 saturated carbocycles. The van der Waals surface area contributed by atoms with Crippen molar-refractivity contribution in [3.8, 4) is 0 Å². The molecule has 0 rings (SSSR count). The number of rotatable bonds is 55. The van der Waals surface area contributed by atoms with Crippen LogP contribution in [-0.2, 0) is 28.6 Å². The van der Waals surface area contributed by atoms with Crippen molar-refractivity contribution in [2.45, 2.75) is 349 Å². The molecule has 1 atom stereocenters. The van der Waals surface area contributed by atoms with Crippen LogP contribution in [0.25, 0.3) is 0 Å². The fraction of sp³-hybridized carbons (Fsp3) is 0.951. The van der Waals surface area contributed by atoms with Gasteiger partial charge in [0.25, 0.3) is 0 Å². The van der Waals surface area contributed by atoms with E-state index in [0.717, 1.165) is 69.6 Å².